The number of aryl methyl sites for hydroxylation is 1. The van der Waals surface area contributed by atoms with Crippen LogP contribution in [0.3, 0.4) is 0 Å². The zero-order chi connectivity index (χ0) is 25.3. The summed E-state index contributed by atoms with van der Waals surface area (Å²) in [6.45, 7) is 6.37. The Morgan fingerprint density at radius 2 is 1.80 bits per heavy atom. The molecule has 1 saturated heterocycles. The van der Waals surface area contributed by atoms with Gasteiger partial charge in [-0.3, -0.25) is 4.79 Å². The van der Waals surface area contributed by atoms with E-state index in [4.69, 9.17) is 12.2 Å². The van der Waals surface area contributed by atoms with Crippen LogP contribution in [0.25, 0.3) is 10.9 Å². The molecule has 1 fully saturated rings. The van der Waals surface area contributed by atoms with Gasteiger partial charge >= 0.3 is 5.97 Å². The van der Waals surface area contributed by atoms with Gasteiger partial charge in [0.15, 0.2) is 5.11 Å². The van der Waals surface area contributed by atoms with Crippen molar-refractivity contribution in [1.29, 1.82) is 0 Å². The van der Waals surface area contributed by atoms with Crippen LogP contribution in [0.1, 0.15) is 35.8 Å². The molecule has 2 heterocycles. The molecule has 2 N–H and O–H groups in total. The lowest BCUT2D eigenvalue weighted by molar-refractivity contribution is 0.0695. The molecule has 0 radical (unpaired) electrons. The fraction of sp³-hybridized carbons (Fsp3) is 0.320. The van der Waals surface area contributed by atoms with Crippen molar-refractivity contribution >= 4 is 39.9 Å². The number of aromatic carboxylic acids is 1. The number of halogens is 2. The number of hydrogen-bond donors (Lipinski definition) is 2. The third kappa shape index (κ3) is 4.97. The second-order valence-corrected chi connectivity index (χ2v) is 8.87. The molecule has 184 valence electrons. The first-order valence-electron chi connectivity index (χ1n) is 11.4. The van der Waals surface area contributed by atoms with E-state index in [0.717, 1.165) is 11.6 Å². The number of aromatic nitrogens is 1. The number of carbonyl (C=O) groups is 1. The third-order valence-electron chi connectivity index (χ3n) is 6.34. The average Bonchev–Trinajstić information content (AvgIpc) is 2.84. The number of nitrogens with zero attached hydrogens (tertiary/aromatic N) is 3. The summed E-state index contributed by atoms with van der Waals surface area (Å²) < 4.78 is 29.9. The first-order chi connectivity index (χ1) is 16.7. The number of thiocarbonyl (C=S) groups is 1. The second kappa shape index (κ2) is 9.99. The highest BCUT2D eigenvalue weighted by Crippen LogP contribution is 2.26. The van der Waals surface area contributed by atoms with Crippen molar-refractivity contribution in [3.05, 3.63) is 75.6 Å². The summed E-state index contributed by atoms with van der Waals surface area (Å²) in [4.78, 5) is 27.9. The standard InChI is InChI=1S/C25H26F2N4O3S/c1-3-29-14-19(24(33)34)23(32)18-12-20(27)22(13-21(18)29)30-8-10-31(11-9-30)25(35)28-15(2)16-4-6-17(26)7-5-16/h4-7,12-15H,3,8-11H2,1-2H3,(H,28,35)(H,33,34)/t15-/m0/s1. The Hall–Kier alpha value is -3.53. The number of piperazine rings is 1. The van der Waals surface area contributed by atoms with E-state index in [1.165, 1.54) is 18.3 Å². The Morgan fingerprint density at radius 3 is 2.40 bits per heavy atom. The lowest BCUT2D eigenvalue weighted by Gasteiger charge is -2.38. The molecule has 1 aliphatic rings. The second-order valence-electron chi connectivity index (χ2n) is 8.48. The van der Waals surface area contributed by atoms with Crippen molar-refractivity contribution in [3.8, 4) is 0 Å². The molecule has 2 aromatic carbocycles. The molecule has 10 heteroatoms. The fourth-order valence-electron chi connectivity index (χ4n) is 4.32. The van der Waals surface area contributed by atoms with Gasteiger partial charge in [-0.1, -0.05) is 12.1 Å². The van der Waals surface area contributed by atoms with Crippen molar-refractivity contribution in [2.24, 2.45) is 0 Å². The van der Waals surface area contributed by atoms with Gasteiger partial charge in [0.25, 0.3) is 0 Å². The minimum atomic E-state index is -1.34. The summed E-state index contributed by atoms with van der Waals surface area (Å²) in [7, 11) is 0. The van der Waals surface area contributed by atoms with Crippen molar-refractivity contribution < 1.29 is 18.7 Å². The summed E-state index contributed by atoms with van der Waals surface area (Å²) in [6, 6.07) is 8.90. The van der Waals surface area contributed by atoms with Crippen molar-refractivity contribution in [2.45, 2.75) is 26.4 Å². The Kier molecular flexibility index (Phi) is 7.02. The van der Waals surface area contributed by atoms with Crippen LogP contribution in [-0.2, 0) is 6.54 Å². The summed E-state index contributed by atoms with van der Waals surface area (Å²) >= 11 is 5.56. The molecule has 0 spiro atoms. The summed E-state index contributed by atoms with van der Waals surface area (Å²) in [5, 5.41) is 13.2. The van der Waals surface area contributed by atoms with Crippen LogP contribution < -0.4 is 15.6 Å². The first-order valence-corrected chi connectivity index (χ1v) is 11.8. The molecule has 0 aliphatic carbocycles. The zero-order valence-corrected chi connectivity index (χ0v) is 20.2. The smallest absolute Gasteiger partial charge is 0.341 e. The minimum absolute atomic E-state index is 0.0480. The fourth-order valence-corrected chi connectivity index (χ4v) is 4.68. The molecule has 35 heavy (non-hydrogen) atoms. The summed E-state index contributed by atoms with van der Waals surface area (Å²) in [6.07, 6.45) is 1.30. The van der Waals surface area contributed by atoms with Crippen LogP contribution in [0.5, 0.6) is 0 Å². The number of nitrogens with one attached hydrogen (secondary N) is 1. The Bertz CT molecular complexity index is 1340. The quantitative estimate of drug-likeness (QED) is 0.517. The monoisotopic (exact) mass is 500 g/mol. The largest absolute Gasteiger partial charge is 0.477 e. The maximum atomic E-state index is 15.1. The first kappa shape index (κ1) is 24.6. The van der Waals surface area contributed by atoms with E-state index in [2.05, 4.69) is 5.32 Å². The van der Waals surface area contributed by atoms with Gasteiger partial charge in [0.2, 0.25) is 5.43 Å². The Balaban J connectivity index is 1.49. The van der Waals surface area contributed by atoms with Crippen LogP contribution >= 0.6 is 12.2 Å². The van der Waals surface area contributed by atoms with Crippen LogP contribution in [-0.4, -0.2) is 51.8 Å². The molecule has 0 unspecified atom stereocenters. The van der Waals surface area contributed by atoms with Crippen LogP contribution in [0.15, 0.2) is 47.4 Å². The minimum Gasteiger partial charge on any atom is -0.477 e. The molecule has 0 saturated carbocycles. The molecule has 0 bridgehead atoms. The maximum absolute atomic E-state index is 15.1. The predicted octanol–water partition coefficient (Wildman–Crippen LogP) is 3.76. The molecular weight excluding hydrogens is 474 g/mol. The van der Waals surface area contributed by atoms with Gasteiger partial charge in [-0.05, 0) is 55.9 Å². The van der Waals surface area contributed by atoms with Gasteiger partial charge in [-0.15, -0.1) is 0 Å². The van der Waals surface area contributed by atoms with Crippen LogP contribution in [0, 0.1) is 11.6 Å². The van der Waals surface area contributed by atoms with Gasteiger partial charge in [-0.25, -0.2) is 13.6 Å². The third-order valence-corrected chi connectivity index (χ3v) is 6.71. The van der Waals surface area contributed by atoms with Crippen LogP contribution in [0.4, 0.5) is 14.5 Å². The average molecular weight is 501 g/mol. The van der Waals surface area contributed by atoms with E-state index >= 15 is 4.39 Å². The number of anilines is 1. The normalized spacial score (nSPS) is 14.7. The molecular formula is C25H26F2N4O3S. The molecule has 1 aliphatic heterocycles. The van der Waals surface area contributed by atoms with E-state index in [1.54, 1.807) is 22.8 Å². The zero-order valence-electron chi connectivity index (χ0n) is 19.4. The van der Waals surface area contributed by atoms with E-state index in [1.807, 2.05) is 23.6 Å². The van der Waals surface area contributed by atoms with Crippen LogP contribution in [0.2, 0.25) is 0 Å². The van der Waals surface area contributed by atoms with E-state index in [-0.39, 0.29) is 22.8 Å². The number of carboxylic acids is 1. The SMILES string of the molecule is CCn1cc(C(=O)O)c(=O)c2cc(F)c(N3CCN(C(=S)N[C@@H](C)c4ccc(F)cc4)CC3)cc21. The molecule has 1 atom stereocenters. The van der Waals surface area contributed by atoms with Gasteiger partial charge in [0.1, 0.15) is 17.2 Å². The van der Waals surface area contributed by atoms with E-state index in [0.29, 0.717) is 49.0 Å². The van der Waals surface area contributed by atoms with Gasteiger partial charge < -0.3 is 24.8 Å². The number of fused-ring (bicyclic) bond motifs is 1. The molecule has 1 aromatic heterocycles. The lowest BCUT2D eigenvalue weighted by Crippen LogP contribution is -2.52. The highest BCUT2D eigenvalue weighted by Gasteiger charge is 2.24. The van der Waals surface area contributed by atoms with E-state index < -0.39 is 17.2 Å². The molecule has 0 amide bonds. The Labute approximate surface area is 206 Å². The Morgan fingerprint density at radius 1 is 1.14 bits per heavy atom. The summed E-state index contributed by atoms with van der Waals surface area (Å²) in [5.74, 6) is -2.20. The number of pyridine rings is 1. The summed E-state index contributed by atoms with van der Waals surface area (Å²) in [5.41, 5.74) is 0.695. The van der Waals surface area contributed by atoms with Crippen molar-refractivity contribution in [1.82, 2.24) is 14.8 Å². The number of benzene rings is 2. The highest BCUT2D eigenvalue weighted by molar-refractivity contribution is 7.80. The topological polar surface area (TPSA) is 77.8 Å². The predicted molar refractivity (Wildman–Crippen MR) is 135 cm³/mol. The molecule has 4 rings (SSSR count). The van der Waals surface area contributed by atoms with Gasteiger partial charge in [-0.2, -0.15) is 0 Å². The van der Waals surface area contributed by atoms with Crippen molar-refractivity contribution in [3.63, 3.8) is 0 Å². The molecule has 7 nitrogen and oxygen atoms in total. The number of rotatable bonds is 5. The number of carboxylic acid groups (broad SMARTS) is 1. The lowest BCUT2D eigenvalue weighted by atomic mass is 10.1. The number of hydrogen-bond acceptors (Lipinski definition) is 4. The maximum Gasteiger partial charge on any atom is 0.341 e. The highest BCUT2D eigenvalue weighted by atomic mass is 32.1. The molecule has 3 aromatic rings. The van der Waals surface area contributed by atoms with E-state index in [9.17, 15) is 19.1 Å². The van der Waals surface area contributed by atoms with Gasteiger partial charge in [0, 0.05) is 44.3 Å². The van der Waals surface area contributed by atoms with Gasteiger partial charge in [0.05, 0.1) is 17.2 Å². The van der Waals surface area contributed by atoms with Crippen molar-refractivity contribution in [2.75, 3.05) is 31.1 Å².